The average molecular weight is 280 g/mol. The number of rotatable bonds is 3. The number of likely N-dealkylation sites (tertiary alicyclic amines) is 1. The fourth-order valence-electron chi connectivity index (χ4n) is 2.74. The number of amides is 1. The number of hydrogen-bond acceptors (Lipinski definition) is 4. The van der Waals surface area contributed by atoms with Gasteiger partial charge in [-0.3, -0.25) is 9.59 Å². The number of aliphatic carboxylic acids is 1. The Bertz CT molecular complexity index is 535. The van der Waals surface area contributed by atoms with E-state index in [1.807, 2.05) is 13.8 Å². The zero-order valence-electron chi connectivity index (χ0n) is 12.2. The summed E-state index contributed by atoms with van der Waals surface area (Å²) in [6.45, 7) is 7.84. The van der Waals surface area contributed by atoms with E-state index in [0.717, 1.165) is 0 Å². The van der Waals surface area contributed by atoms with Crippen LogP contribution in [0.4, 0.5) is 0 Å². The first kappa shape index (κ1) is 14.6. The summed E-state index contributed by atoms with van der Waals surface area (Å²) in [6.07, 6.45) is 0.490. The Labute approximate surface area is 117 Å². The van der Waals surface area contributed by atoms with Gasteiger partial charge in [0.05, 0.1) is 11.6 Å². The summed E-state index contributed by atoms with van der Waals surface area (Å²) in [5.74, 6) is -0.897. The second-order valence-corrected chi connectivity index (χ2v) is 5.63. The molecular formula is C14H20N2O4. The van der Waals surface area contributed by atoms with E-state index in [-0.39, 0.29) is 17.9 Å². The smallest absolute Gasteiger partial charge is 0.308 e. The van der Waals surface area contributed by atoms with Crippen molar-refractivity contribution in [3.05, 3.63) is 17.0 Å². The van der Waals surface area contributed by atoms with Crippen molar-refractivity contribution in [1.29, 1.82) is 0 Å². The summed E-state index contributed by atoms with van der Waals surface area (Å²) in [6, 6.07) is -0.311. The van der Waals surface area contributed by atoms with Gasteiger partial charge in [0.1, 0.15) is 5.56 Å². The van der Waals surface area contributed by atoms with Crippen molar-refractivity contribution >= 4 is 11.9 Å². The minimum Gasteiger partial charge on any atom is -0.481 e. The van der Waals surface area contributed by atoms with Crippen LogP contribution in [-0.4, -0.2) is 39.6 Å². The fourth-order valence-corrected chi connectivity index (χ4v) is 2.74. The Balaban J connectivity index is 2.29. The highest BCUT2D eigenvalue weighted by Gasteiger charge is 2.40. The molecule has 0 bridgehead atoms. The molecule has 1 fully saturated rings. The van der Waals surface area contributed by atoms with Crippen LogP contribution < -0.4 is 0 Å². The molecule has 6 heteroatoms. The quantitative estimate of drug-likeness (QED) is 0.916. The van der Waals surface area contributed by atoms with Crippen LogP contribution in [0.5, 0.6) is 0 Å². The lowest BCUT2D eigenvalue weighted by molar-refractivity contribution is -0.142. The highest BCUT2D eigenvalue weighted by molar-refractivity contribution is 5.97. The summed E-state index contributed by atoms with van der Waals surface area (Å²) in [7, 11) is 0. The van der Waals surface area contributed by atoms with Crippen molar-refractivity contribution in [2.24, 2.45) is 5.92 Å². The van der Waals surface area contributed by atoms with Crippen molar-refractivity contribution in [1.82, 2.24) is 10.1 Å². The van der Waals surface area contributed by atoms with E-state index in [2.05, 4.69) is 5.16 Å². The molecule has 0 radical (unpaired) electrons. The number of nitrogens with zero attached hydrogens (tertiary/aromatic N) is 2. The molecule has 2 rings (SSSR count). The molecule has 2 atom stereocenters. The summed E-state index contributed by atoms with van der Waals surface area (Å²) in [5, 5.41) is 13.0. The van der Waals surface area contributed by atoms with Crippen LogP contribution in [0, 0.1) is 12.8 Å². The maximum absolute atomic E-state index is 12.7. The standard InChI is InChI=1S/C14H20N2O4/c1-7(2)12-11(8(3)15-20-12)13(17)16-6-5-10(9(16)4)14(18)19/h7,9-10H,5-6H2,1-4H3,(H,18,19). The van der Waals surface area contributed by atoms with Gasteiger partial charge in [0.15, 0.2) is 5.76 Å². The summed E-state index contributed by atoms with van der Waals surface area (Å²) < 4.78 is 5.23. The largest absolute Gasteiger partial charge is 0.481 e. The van der Waals surface area contributed by atoms with Crippen molar-refractivity contribution < 1.29 is 19.2 Å². The van der Waals surface area contributed by atoms with Gasteiger partial charge in [0.2, 0.25) is 0 Å². The second kappa shape index (κ2) is 5.26. The highest BCUT2D eigenvalue weighted by Crippen LogP contribution is 2.29. The number of aryl methyl sites for hydroxylation is 1. The Morgan fingerprint density at radius 3 is 2.60 bits per heavy atom. The lowest BCUT2D eigenvalue weighted by Gasteiger charge is -2.23. The first-order valence-electron chi connectivity index (χ1n) is 6.84. The van der Waals surface area contributed by atoms with Crippen LogP contribution in [0.25, 0.3) is 0 Å². The molecule has 1 N–H and O–H groups in total. The second-order valence-electron chi connectivity index (χ2n) is 5.63. The zero-order chi connectivity index (χ0) is 15.0. The lowest BCUT2D eigenvalue weighted by Crippen LogP contribution is -2.38. The average Bonchev–Trinajstić information content (AvgIpc) is 2.91. The van der Waals surface area contributed by atoms with Crippen molar-refractivity contribution in [2.75, 3.05) is 6.54 Å². The van der Waals surface area contributed by atoms with Gasteiger partial charge in [-0.2, -0.15) is 0 Å². The van der Waals surface area contributed by atoms with Gasteiger partial charge >= 0.3 is 5.97 Å². The van der Waals surface area contributed by atoms with E-state index >= 15 is 0 Å². The van der Waals surface area contributed by atoms with Crippen LogP contribution in [0.15, 0.2) is 4.52 Å². The Morgan fingerprint density at radius 2 is 2.10 bits per heavy atom. The highest BCUT2D eigenvalue weighted by atomic mass is 16.5. The van der Waals surface area contributed by atoms with E-state index in [4.69, 9.17) is 9.63 Å². The summed E-state index contributed by atoms with van der Waals surface area (Å²) >= 11 is 0. The molecule has 0 aromatic carbocycles. The van der Waals surface area contributed by atoms with Crippen LogP contribution in [0.3, 0.4) is 0 Å². The third-order valence-electron chi connectivity index (χ3n) is 3.96. The molecule has 0 aliphatic carbocycles. The number of carboxylic acids is 1. The van der Waals surface area contributed by atoms with Gasteiger partial charge in [-0.15, -0.1) is 0 Å². The summed E-state index contributed by atoms with van der Waals surface area (Å²) in [4.78, 5) is 25.4. The molecule has 6 nitrogen and oxygen atoms in total. The molecule has 2 heterocycles. The minimum atomic E-state index is -0.848. The number of carbonyl (C=O) groups excluding carboxylic acids is 1. The maximum Gasteiger partial charge on any atom is 0.308 e. The molecule has 0 spiro atoms. The molecule has 1 aliphatic rings. The molecule has 1 aromatic heterocycles. The Morgan fingerprint density at radius 1 is 1.45 bits per heavy atom. The van der Waals surface area contributed by atoms with Gasteiger partial charge < -0.3 is 14.5 Å². The van der Waals surface area contributed by atoms with Crippen LogP contribution >= 0.6 is 0 Å². The first-order valence-corrected chi connectivity index (χ1v) is 6.84. The van der Waals surface area contributed by atoms with Crippen LogP contribution in [-0.2, 0) is 4.79 Å². The van der Waals surface area contributed by atoms with Gasteiger partial charge in [0.25, 0.3) is 5.91 Å². The zero-order valence-corrected chi connectivity index (χ0v) is 12.2. The number of hydrogen-bond donors (Lipinski definition) is 1. The molecule has 1 saturated heterocycles. The molecule has 110 valence electrons. The van der Waals surface area contributed by atoms with E-state index in [1.165, 1.54) is 0 Å². The van der Waals surface area contributed by atoms with Crippen molar-refractivity contribution in [2.45, 2.75) is 46.1 Å². The molecule has 0 saturated carbocycles. The van der Waals surface area contributed by atoms with Gasteiger partial charge in [-0.1, -0.05) is 19.0 Å². The molecule has 1 amide bonds. The van der Waals surface area contributed by atoms with Crippen molar-refractivity contribution in [3.63, 3.8) is 0 Å². The van der Waals surface area contributed by atoms with E-state index in [1.54, 1.807) is 18.7 Å². The Hall–Kier alpha value is -1.85. The van der Waals surface area contributed by atoms with Crippen LogP contribution in [0.2, 0.25) is 0 Å². The van der Waals surface area contributed by atoms with Gasteiger partial charge in [-0.05, 0) is 20.3 Å². The van der Waals surface area contributed by atoms with Crippen molar-refractivity contribution in [3.8, 4) is 0 Å². The molecule has 2 unspecified atom stereocenters. The molecule has 20 heavy (non-hydrogen) atoms. The van der Waals surface area contributed by atoms with Crippen LogP contribution in [0.1, 0.15) is 54.9 Å². The van der Waals surface area contributed by atoms with E-state index in [9.17, 15) is 9.59 Å². The lowest BCUT2D eigenvalue weighted by atomic mass is 10.0. The maximum atomic E-state index is 12.7. The topological polar surface area (TPSA) is 83.6 Å². The van der Waals surface area contributed by atoms with Gasteiger partial charge in [0, 0.05) is 18.5 Å². The van der Waals surface area contributed by atoms with E-state index in [0.29, 0.717) is 30.0 Å². The number of carboxylic acid groups (broad SMARTS) is 1. The normalized spacial score (nSPS) is 22.6. The third kappa shape index (κ3) is 2.30. The summed E-state index contributed by atoms with van der Waals surface area (Å²) in [5.41, 5.74) is 1.04. The number of carbonyl (C=O) groups is 2. The molecular weight excluding hydrogens is 260 g/mol. The third-order valence-corrected chi connectivity index (χ3v) is 3.96. The van der Waals surface area contributed by atoms with Gasteiger partial charge in [-0.25, -0.2) is 0 Å². The fraction of sp³-hybridized carbons (Fsp3) is 0.643. The predicted octanol–water partition coefficient (Wildman–Crippen LogP) is 2.04. The minimum absolute atomic E-state index is 0.0586. The predicted molar refractivity (Wildman–Crippen MR) is 71.6 cm³/mol. The van der Waals surface area contributed by atoms with E-state index < -0.39 is 11.9 Å². The Kier molecular flexibility index (Phi) is 3.83. The first-order chi connectivity index (χ1) is 9.34. The monoisotopic (exact) mass is 280 g/mol. The SMILES string of the molecule is Cc1noc(C(C)C)c1C(=O)N1CCC(C(=O)O)C1C. The molecule has 1 aromatic rings. The molecule has 1 aliphatic heterocycles. The number of aromatic nitrogens is 1.